The van der Waals surface area contributed by atoms with Crippen LogP contribution in [-0.2, 0) is 16.1 Å². The largest absolute Gasteiger partial charge is 0.482 e. The average molecular weight is 417 g/mol. The Labute approximate surface area is 178 Å². The van der Waals surface area contributed by atoms with Crippen LogP contribution in [0.15, 0.2) is 54.6 Å². The SMILES string of the molecule is CCCCCNC(=O)[C@@H](C)N(Cc1ccccc1)C(=O)COc1ccccc1Cl. The Balaban J connectivity index is 2.05. The number of hydrogen-bond acceptors (Lipinski definition) is 3. The Hall–Kier alpha value is -2.53. The molecule has 2 aromatic rings. The fourth-order valence-electron chi connectivity index (χ4n) is 2.88. The molecule has 5 nitrogen and oxygen atoms in total. The van der Waals surface area contributed by atoms with Crippen LogP contribution < -0.4 is 10.1 Å². The first-order chi connectivity index (χ1) is 14.0. The highest BCUT2D eigenvalue weighted by Crippen LogP contribution is 2.23. The van der Waals surface area contributed by atoms with E-state index in [1.807, 2.05) is 30.3 Å². The van der Waals surface area contributed by atoms with Crippen molar-refractivity contribution < 1.29 is 14.3 Å². The third-order valence-electron chi connectivity index (χ3n) is 4.63. The molecule has 156 valence electrons. The summed E-state index contributed by atoms with van der Waals surface area (Å²) in [4.78, 5) is 27.1. The molecule has 2 amide bonds. The van der Waals surface area contributed by atoms with E-state index in [1.54, 1.807) is 36.1 Å². The highest BCUT2D eigenvalue weighted by Gasteiger charge is 2.26. The van der Waals surface area contributed by atoms with E-state index in [2.05, 4.69) is 12.2 Å². The zero-order chi connectivity index (χ0) is 21.1. The van der Waals surface area contributed by atoms with Crippen molar-refractivity contribution >= 4 is 23.4 Å². The van der Waals surface area contributed by atoms with Crippen LogP contribution in [-0.4, -0.2) is 35.9 Å². The van der Waals surface area contributed by atoms with Crippen molar-refractivity contribution in [3.05, 3.63) is 65.2 Å². The Bertz CT molecular complexity index is 783. The molecule has 2 aromatic carbocycles. The number of carbonyl (C=O) groups is 2. The smallest absolute Gasteiger partial charge is 0.261 e. The van der Waals surface area contributed by atoms with Gasteiger partial charge in [-0.1, -0.05) is 73.8 Å². The molecule has 1 N–H and O–H groups in total. The quantitative estimate of drug-likeness (QED) is 0.551. The van der Waals surface area contributed by atoms with Gasteiger partial charge in [0.2, 0.25) is 5.91 Å². The van der Waals surface area contributed by atoms with Crippen molar-refractivity contribution in [1.82, 2.24) is 10.2 Å². The van der Waals surface area contributed by atoms with E-state index in [0.717, 1.165) is 24.8 Å². The van der Waals surface area contributed by atoms with Gasteiger partial charge in [-0.15, -0.1) is 0 Å². The monoisotopic (exact) mass is 416 g/mol. The summed E-state index contributed by atoms with van der Waals surface area (Å²) >= 11 is 6.10. The molecule has 6 heteroatoms. The zero-order valence-electron chi connectivity index (χ0n) is 17.1. The van der Waals surface area contributed by atoms with Gasteiger partial charge in [0.25, 0.3) is 5.91 Å². The molecule has 0 fully saturated rings. The van der Waals surface area contributed by atoms with E-state index < -0.39 is 6.04 Å². The molecule has 0 aliphatic rings. The highest BCUT2D eigenvalue weighted by molar-refractivity contribution is 6.32. The molecule has 1 atom stereocenters. The van der Waals surface area contributed by atoms with Crippen molar-refractivity contribution in [3.8, 4) is 5.75 Å². The summed E-state index contributed by atoms with van der Waals surface area (Å²) in [7, 11) is 0. The summed E-state index contributed by atoms with van der Waals surface area (Å²) in [6.07, 6.45) is 3.08. The van der Waals surface area contributed by atoms with Gasteiger partial charge in [-0.3, -0.25) is 9.59 Å². The predicted molar refractivity (Wildman–Crippen MR) is 116 cm³/mol. The summed E-state index contributed by atoms with van der Waals surface area (Å²) in [6.45, 7) is 4.61. The standard InChI is InChI=1S/C23H29ClN2O3/c1-3-4-10-15-25-23(28)18(2)26(16-19-11-6-5-7-12-19)22(27)17-29-21-14-9-8-13-20(21)24/h5-9,11-14,18H,3-4,10,15-17H2,1-2H3,(H,25,28)/t18-/m1/s1. The summed E-state index contributed by atoms with van der Waals surface area (Å²) in [5.74, 6) is 0.00644. The van der Waals surface area contributed by atoms with Crippen molar-refractivity contribution in [2.24, 2.45) is 0 Å². The number of para-hydroxylation sites is 1. The third-order valence-corrected chi connectivity index (χ3v) is 4.94. The first-order valence-electron chi connectivity index (χ1n) is 10.0. The number of nitrogens with zero attached hydrogens (tertiary/aromatic N) is 1. The molecule has 0 saturated carbocycles. The number of hydrogen-bond donors (Lipinski definition) is 1. The maximum Gasteiger partial charge on any atom is 0.261 e. The maximum absolute atomic E-state index is 12.9. The van der Waals surface area contributed by atoms with Gasteiger partial charge < -0.3 is 15.0 Å². The Morgan fingerprint density at radius 1 is 1.07 bits per heavy atom. The minimum absolute atomic E-state index is 0.164. The molecule has 0 aliphatic heterocycles. The van der Waals surface area contributed by atoms with Crippen LogP contribution in [0.1, 0.15) is 38.7 Å². The second-order valence-corrected chi connectivity index (χ2v) is 7.31. The zero-order valence-corrected chi connectivity index (χ0v) is 17.8. The number of amides is 2. The molecule has 0 spiro atoms. The van der Waals surface area contributed by atoms with E-state index in [1.165, 1.54) is 0 Å². The van der Waals surface area contributed by atoms with Crippen molar-refractivity contribution in [2.75, 3.05) is 13.2 Å². The Morgan fingerprint density at radius 2 is 1.76 bits per heavy atom. The summed E-state index contributed by atoms with van der Waals surface area (Å²) in [5.41, 5.74) is 0.948. The van der Waals surface area contributed by atoms with Crippen LogP contribution in [0.4, 0.5) is 0 Å². The van der Waals surface area contributed by atoms with Crippen molar-refractivity contribution in [2.45, 2.75) is 45.7 Å². The minimum Gasteiger partial charge on any atom is -0.482 e. The van der Waals surface area contributed by atoms with Gasteiger partial charge in [0.05, 0.1) is 5.02 Å². The third kappa shape index (κ3) is 7.42. The number of unbranched alkanes of at least 4 members (excludes halogenated alkanes) is 2. The van der Waals surface area contributed by atoms with Gasteiger partial charge in [0.1, 0.15) is 11.8 Å². The number of ether oxygens (including phenoxy) is 1. The number of rotatable bonds is 11. The van der Waals surface area contributed by atoms with Crippen LogP contribution in [0, 0.1) is 0 Å². The molecular weight excluding hydrogens is 388 g/mol. The minimum atomic E-state index is -0.612. The van der Waals surface area contributed by atoms with Crippen LogP contribution in [0.2, 0.25) is 5.02 Å². The van der Waals surface area contributed by atoms with Crippen LogP contribution in [0.25, 0.3) is 0 Å². The summed E-state index contributed by atoms with van der Waals surface area (Å²) in [5, 5.41) is 3.37. The molecule has 0 unspecified atom stereocenters. The molecule has 0 saturated heterocycles. The summed E-state index contributed by atoms with van der Waals surface area (Å²) in [6, 6.07) is 16.0. The first kappa shape index (κ1) is 22.8. The number of carbonyl (C=O) groups excluding carboxylic acids is 2. The first-order valence-corrected chi connectivity index (χ1v) is 10.4. The molecule has 0 aliphatic carbocycles. The van der Waals surface area contributed by atoms with Gasteiger partial charge >= 0.3 is 0 Å². The maximum atomic E-state index is 12.9. The Morgan fingerprint density at radius 3 is 2.45 bits per heavy atom. The van der Waals surface area contributed by atoms with Gasteiger partial charge in [-0.05, 0) is 31.0 Å². The van der Waals surface area contributed by atoms with Gasteiger partial charge in [-0.25, -0.2) is 0 Å². The number of benzene rings is 2. The number of nitrogens with one attached hydrogen (secondary N) is 1. The lowest BCUT2D eigenvalue weighted by Crippen LogP contribution is -2.49. The second kappa shape index (κ2) is 12.1. The van der Waals surface area contributed by atoms with Crippen LogP contribution >= 0.6 is 11.6 Å². The van der Waals surface area contributed by atoms with Crippen LogP contribution in [0.3, 0.4) is 0 Å². The summed E-state index contributed by atoms with van der Waals surface area (Å²) < 4.78 is 5.61. The van der Waals surface area contributed by atoms with Gasteiger partial charge in [-0.2, -0.15) is 0 Å². The van der Waals surface area contributed by atoms with Crippen molar-refractivity contribution in [1.29, 1.82) is 0 Å². The van der Waals surface area contributed by atoms with E-state index in [-0.39, 0.29) is 18.4 Å². The van der Waals surface area contributed by atoms with Crippen molar-refractivity contribution in [3.63, 3.8) is 0 Å². The average Bonchev–Trinajstić information content (AvgIpc) is 2.74. The van der Waals surface area contributed by atoms with Gasteiger partial charge in [0, 0.05) is 13.1 Å². The molecule has 0 radical (unpaired) electrons. The molecule has 2 rings (SSSR count). The predicted octanol–water partition coefficient (Wildman–Crippen LogP) is 4.44. The lowest BCUT2D eigenvalue weighted by molar-refractivity contribution is -0.142. The fraction of sp³-hybridized carbons (Fsp3) is 0.391. The lowest BCUT2D eigenvalue weighted by Gasteiger charge is -2.28. The van der Waals surface area contributed by atoms with E-state index >= 15 is 0 Å². The second-order valence-electron chi connectivity index (χ2n) is 6.90. The highest BCUT2D eigenvalue weighted by atomic mass is 35.5. The molecule has 29 heavy (non-hydrogen) atoms. The van der Waals surface area contributed by atoms with Crippen LogP contribution in [0.5, 0.6) is 5.75 Å². The van der Waals surface area contributed by atoms with E-state index in [0.29, 0.717) is 23.9 Å². The Kier molecular flexibility index (Phi) is 9.51. The fourth-order valence-corrected chi connectivity index (χ4v) is 3.07. The van der Waals surface area contributed by atoms with E-state index in [4.69, 9.17) is 16.3 Å². The molecule has 0 heterocycles. The van der Waals surface area contributed by atoms with E-state index in [9.17, 15) is 9.59 Å². The van der Waals surface area contributed by atoms with Gasteiger partial charge in [0.15, 0.2) is 6.61 Å². The number of halogens is 1. The topological polar surface area (TPSA) is 58.6 Å². The normalized spacial score (nSPS) is 11.6. The molecule has 0 aromatic heterocycles. The molecular formula is C23H29ClN2O3. The molecule has 0 bridgehead atoms. The lowest BCUT2D eigenvalue weighted by atomic mass is 10.1.